The third kappa shape index (κ3) is 9.97. The lowest BCUT2D eigenvalue weighted by molar-refractivity contribution is -0.144. The predicted octanol–water partition coefficient (Wildman–Crippen LogP) is 6.54. The van der Waals surface area contributed by atoms with Gasteiger partial charge in [0.1, 0.15) is 23.6 Å². The second-order valence-electron chi connectivity index (χ2n) is 17.6. The van der Waals surface area contributed by atoms with E-state index in [1.54, 1.807) is 46.6 Å². The van der Waals surface area contributed by atoms with Gasteiger partial charge in [0.2, 0.25) is 11.8 Å². The fraction of sp³-hybridized carbons (Fsp3) is 0.435. The molecule has 4 aromatic rings. The fourth-order valence-electron chi connectivity index (χ4n) is 7.74. The van der Waals surface area contributed by atoms with Gasteiger partial charge in [-0.25, -0.2) is 9.83 Å². The van der Waals surface area contributed by atoms with Gasteiger partial charge in [0.05, 0.1) is 34.8 Å². The summed E-state index contributed by atoms with van der Waals surface area (Å²) in [6.07, 6.45) is -1.50. The van der Waals surface area contributed by atoms with Gasteiger partial charge < -0.3 is 35.0 Å². The van der Waals surface area contributed by atoms with E-state index in [2.05, 4.69) is 20.5 Å². The first-order valence-electron chi connectivity index (χ1n) is 20.1. The fourth-order valence-corrected chi connectivity index (χ4v) is 8.55. The molecule has 2 saturated heterocycles. The largest absolute Gasteiger partial charge is 0.484 e. The van der Waals surface area contributed by atoms with E-state index >= 15 is 0 Å². The van der Waals surface area contributed by atoms with Crippen LogP contribution in [0.15, 0.2) is 72.2 Å². The standard InChI is InChI=1S/C46H54N6O7S/c1-27-20-35(18-19-36(27)47-9)59-41-44(57)51(25-46(41,7)8)22-30-10-16-34(17-11-30)58-24-38(54)50-40(45(4,5)6)43(56)52-23-33(53)21-37(52)42(55)49-28(2)31-12-14-32(15-13-31)39-29(3)48-26-60-39/h10-20,26,28,33,37,40-41,53H,21-25H2,1-8H3,(H,49,55)(H,50,54)/t28-,33+,37-,40+,41-/m0/s1. The van der Waals surface area contributed by atoms with Gasteiger partial charge in [0, 0.05) is 31.5 Å². The Labute approximate surface area is 355 Å². The Hall–Kier alpha value is -5.78. The highest BCUT2D eigenvalue weighted by molar-refractivity contribution is 7.13. The van der Waals surface area contributed by atoms with Gasteiger partial charge >= 0.3 is 0 Å². The minimum Gasteiger partial charge on any atom is -0.484 e. The number of ether oxygens (including phenoxy) is 2. The van der Waals surface area contributed by atoms with Crippen molar-refractivity contribution in [2.24, 2.45) is 10.8 Å². The predicted molar refractivity (Wildman–Crippen MR) is 229 cm³/mol. The van der Waals surface area contributed by atoms with E-state index in [0.717, 1.165) is 32.8 Å². The monoisotopic (exact) mass is 834 g/mol. The zero-order valence-corrected chi connectivity index (χ0v) is 36.3. The molecule has 0 aliphatic carbocycles. The summed E-state index contributed by atoms with van der Waals surface area (Å²) in [6.45, 7) is 22.9. The maximum absolute atomic E-state index is 14.1. The number of thiazole rings is 1. The number of aliphatic hydroxyl groups excluding tert-OH is 1. The average molecular weight is 835 g/mol. The molecule has 5 atom stereocenters. The summed E-state index contributed by atoms with van der Waals surface area (Å²) >= 11 is 1.57. The van der Waals surface area contributed by atoms with Gasteiger partial charge in [-0.15, -0.1) is 11.3 Å². The van der Waals surface area contributed by atoms with Crippen LogP contribution in [0.5, 0.6) is 11.5 Å². The quantitative estimate of drug-likeness (QED) is 0.128. The van der Waals surface area contributed by atoms with Crippen LogP contribution in [0, 0.1) is 31.2 Å². The number of carbonyl (C=O) groups excluding carboxylic acids is 4. The molecular formula is C46H54N6O7S. The number of hydrogen-bond donors (Lipinski definition) is 3. The Morgan fingerprint density at radius 1 is 1.03 bits per heavy atom. The van der Waals surface area contributed by atoms with E-state index in [1.807, 2.05) is 97.3 Å². The molecule has 2 aliphatic heterocycles. The van der Waals surface area contributed by atoms with E-state index in [4.69, 9.17) is 16.0 Å². The Bertz CT molecular complexity index is 2260. The number of carbonyl (C=O) groups is 4. The molecule has 3 N–H and O–H groups in total. The third-order valence-corrected chi connectivity index (χ3v) is 12.1. The molecule has 0 spiro atoms. The summed E-state index contributed by atoms with van der Waals surface area (Å²) in [7, 11) is 0. The van der Waals surface area contributed by atoms with Crippen molar-refractivity contribution in [2.45, 2.75) is 98.7 Å². The van der Waals surface area contributed by atoms with Crippen molar-refractivity contribution in [2.75, 3.05) is 19.7 Å². The third-order valence-electron chi connectivity index (χ3n) is 11.1. The SMILES string of the molecule is [C-]#[N+]c1ccc(O[C@H]2C(=O)N(Cc3ccc(OCC(=O)N[C@H](C(=O)N4C[C@H](O)C[C@H]4C(=O)N[C@@H](C)c4ccc(-c5scnc5C)cc4)C(C)(C)C)cc3)CC2(C)C)cc1C. The van der Waals surface area contributed by atoms with E-state index in [-0.39, 0.29) is 37.4 Å². The van der Waals surface area contributed by atoms with Gasteiger partial charge in [0.25, 0.3) is 11.8 Å². The van der Waals surface area contributed by atoms with Crippen molar-refractivity contribution in [3.8, 4) is 21.9 Å². The molecule has 316 valence electrons. The van der Waals surface area contributed by atoms with Crippen LogP contribution in [0.3, 0.4) is 0 Å². The van der Waals surface area contributed by atoms with Crippen LogP contribution in [0.2, 0.25) is 0 Å². The Morgan fingerprint density at radius 3 is 2.33 bits per heavy atom. The Balaban J connectivity index is 1.02. The van der Waals surface area contributed by atoms with Crippen LogP contribution >= 0.6 is 11.3 Å². The van der Waals surface area contributed by atoms with Gasteiger partial charge in [0.15, 0.2) is 18.4 Å². The number of nitrogens with one attached hydrogen (secondary N) is 2. The molecule has 3 aromatic carbocycles. The van der Waals surface area contributed by atoms with Crippen molar-refractivity contribution < 1.29 is 33.8 Å². The van der Waals surface area contributed by atoms with Crippen LogP contribution < -0.4 is 20.1 Å². The number of aryl methyl sites for hydroxylation is 2. The molecule has 0 bridgehead atoms. The van der Waals surface area contributed by atoms with Crippen molar-refractivity contribution in [3.63, 3.8) is 0 Å². The van der Waals surface area contributed by atoms with Gasteiger partial charge in [-0.1, -0.05) is 77.1 Å². The minimum absolute atomic E-state index is 0.0363. The van der Waals surface area contributed by atoms with Crippen molar-refractivity contribution in [3.05, 3.63) is 106 Å². The maximum atomic E-state index is 14.1. The smallest absolute Gasteiger partial charge is 0.264 e. The molecular weight excluding hydrogens is 781 g/mol. The number of hydrogen-bond acceptors (Lipinski definition) is 9. The summed E-state index contributed by atoms with van der Waals surface area (Å²) in [5.74, 6) is -0.513. The summed E-state index contributed by atoms with van der Waals surface area (Å²) < 4.78 is 12.0. The lowest BCUT2D eigenvalue weighted by atomic mass is 9.85. The number of likely N-dealkylation sites (tertiary alicyclic amines) is 2. The molecule has 0 radical (unpaired) electrons. The van der Waals surface area contributed by atoms with E-state index in [1.165, 1.54) is 4.90 Å². The minimum atomic E-state index is -1.01. The maximum Gasteiger partial charge on any atom is 0.264 e. The number of β-amino-alcohol motifs (C(OH)–C–C–N with tert-alkyl or cyclic N) is 1. The first kappa shape index (κ1) is 43.8. The van der Waals surface area contributed by atoms with Gasteiger partial charge in [-0.2, -0.15) is 0 Å². The molecule has 2 aliphatic rings. The highest BCUT2D eigenvalue weighted by Gasteiger charge is 2.48. The zero-order valence-electron chi connectivity index (χ0n) is 35.4. The lowest BCUT2D eigenvalue weighted by Gasteiger charge is -2.35. The molecule has 4 amide bonds. The highest BCUT2D eigenvalue weighted by atomic mass is 32.1. The molecule has 1 aromatic heterocycles. The van der Waals surface area contributed by atoms with Crippen LogP contribution in [0.1, 0.15) is 76.4 Å². The summed E-state index contributed by atoms with van der Waals surface area (Å²) in [5, 5.41) is 16.5. The lowest BCUT2D eigenvalue weighted by Crippen LogP contribution is -2.58. The molecule has 6 rings (SSSR count). The first-order valence-corrected chi connectivity index (χ1v) is 21.0. The Morgan fingerprint density at radius 2 is 1.72 bits per heavy atom. The number of aromatic nitrogens is 1. The van der Waals surface area contributed by atoms with E-state index in [9.17, 15) is 24.3 Å². The van der Waals surface area contributed by atoms with Gasteiger partial charge in [-0.05, 0) is 72.7 Å². The number of aliphatic hydroxyl groups is 1. The van der Waals surface area contributed by atoms with Crippen molar-refractivity contribution in [1.29, 1.82) is 0 Å². The second kappa shape index (κ2) is 17.8. The van der Waals surface area contributed by atoms with Crippen LogP contribution in [0.4, 0.5) is 5.69 Å². The normalized spacial score (nSPS) is 19.7. The van der Waals surface area contributed by atoms with Crippen molar-refractivity contribution in [1.82, 2.24) is 25.4 Å². The molecule has 2 fully saturated rings. The number of benzene rings is 3. The molecule has 13 nitrogen and oxygen atoms in total. The summed E-state index contributed by atoms with van der Waals surface area (Å²) in [5.41, 5.74) is 5.71. The number of rotatable bonds is 13. The average Bonchev–Trinajstić information content (AvgIpc) is 3.87. The molecule has 0 unspecified atom stereocenters. The number of amides is 4. The molecule has 0 saturated carbocycles. The molecule has 3 heterocycles. The van der Waals surface area contributed by atoms with Crippen molar-refractivity contribution >= 4 is 40.7 Å². The van der Waals surface area contributed by atoms with Crippen LogP contribution in [-0.2, 0) is 25.7 Å². The van der Waals surface area contributed by atoms with Crippen LogP contribution in [0.25, 0.3) is 15.3 Å². The number of nitrogens with zero attached hydrogens (tertiary/aromatic N) is 4. The second-order valence-corrected chi connectivity index (χ2v) is 18.4. The molecule has 60 heavy (non-hydrogen) atoms. The van der Waals surface area contributed by atoms with Gasteiger partial charge in [-0.3, -0.25) is 19.2 Å². The highest BCUT2D eigenvalue weighted by Crippen LogP contribution is 2.36. The summed E-state index contributed by atoms with van der Waals surface area (Å²) in [4.78, 5) is 66.6. The topological polar surface area (TPSA) is 155 Å². The first-order chi connectivity index (χ1) is 28.3. The zero-order chi connectivity index (χ0) is 43.5. The molecule has 14 heteroatoms. The summed E-state index contributed by atoms with van der Waals surface area (Å²) in [6, 6.07) is 17.9. The Kier molecular flexibility index (Phi) is 13.0. The van der Waals surface area contributed by atoms with E-state index in [0.29, 0.717) is 30.3 Å². The van der Waals surface area contributed by atoms with Crippen LogP contribution in [-0.4, -0.2) is 87.5 Å². The van der Waals surface area contributed by atoms with E-state index < -0.39 is 46.9 Å².